The number of nitrogens with zero attached hydrogens (tertiary/aromatic N) is 3. The molecule has 3 nitrogen and oxygen atoms in total. The van der Waals surface area contributed by atoms with Crippen molar-refractivity contribution in [1.29, 1.82) is 0 Å². The molecule has 18 heavy (non-hydrogen) atoms. The minimum absolute atomic E-state index is 0.213. The molecule has 3 rings (SSSR count). The molecule has 0 fully saturated rings. The van der Waals surface area contributed by atoms with Crippen molar-refractivity contribution in [2.75, 3.05) is 11.4 Å². The number of halogens is 1. The number of anilines is 2. The first-order valence-electron chi connectivity index (χ1n) is 5.98. The summed E-state index contributed by atoms with van der Waals surface area (Å²) < 4.78 is 0.213. The van der Waals surface area contributed by atoms with Gasteiger partial charge in [0, 0.05) is 11.9 Å². The van der Waals surface area contributed by atoms with Crippen LogP contribution in [0.5, 0.6) is 0 Å². The Morgan fingerprint density at radius 3 is 2.72 bits per heavy atom. The van der Waals surface area contributed by atoms with Gasteiger partial charge in [0.2, 0.25) is 5.82 Å². The van der Waals surface area contributed by atoms with Crippen LogP contribution in [0.3, 0.4) is 0 Å². The molecule has 1 aliphatic rings. The third-order valence-electron chi connectivity index (χ3n) is 3.17. The highest BCUT2D eigenvalue weighted by molar-refractivity contribution is 6.23. The number of para-hydroxylation sites is 1. The van der Waals surface area contributed by atoms with E-state index in [0.717, 1.165) is 23.7 Å². The van der Waals surface area contributed by atoms with Gasteiger partial charge in [-0.15, -0.1) is 0 Å². The average Bonchev–Trinajstić information content (AvgIpc) is 2.75. The molecule has 2 aromatic rings. The van der Waals surface area contributed by atoms with Crippen LogP contribution in [0, 0.1) is 6.67 Å². The first-order valence-corrected chi connectivity index (χ1v) is 6.32. The second-order valence-electron chi connectivity index (χ2n) is 4.25. The highest BCUT2D eigenvalue weighted by Crippen LogP contribution is 2.46. The van der Waals surface area contributed by atoms with Gasteiger partial charge < -0.3 is 4.90 Å². The van der Waals surface area contributed by atoms with E-state index in [4.69, 9.17) is 11.8 Å². The normalized spacial score (nSPS) is 22.0. The molecule has 1 aliphatic heterocycles. The predicted molar refractivity (Wildman–Crippen MR) is 75.3 cm³/mol. The molecule has 0 N–H and O–H groups in total. The molecule has 1 atom stereocenters. The molecule has 0 saturated carbocycles. The summed E-state index contributed by atoms with van der Waals surface area (Å²) in [7, 11) is 0. The number of rotatable bonds is 2. The molecule has 4 heteroatoms. The molecular weight excluding hydrogens is 246 g/mol. The van der Waals surface area contributed by atoms with Crippen molar-refractivity contribution in [3.8, 4) is 0 Å². The minimum atomic E-state index is 0.213. The summed E-state index contributed by atoms with van der Waals surface area (Å²) in [6, 6.07) is 14.2. The van der Waals surface area contributed by atoms with Crippen LogP contribution < -0.4 is 8.90 Å². The fourth-order valence-electron chi connectivity index (χ4n) is 2.19. The zero-order valence-electron chi connectivity index (χ0n) is 10.1. The molecule has 1 unspecified atom stereocenters. The van der Waals surface area contributed by atoms with E-state index in [-0.39, 0.29) is 4.00 Å². The second kappa shape index (κ2) is 4.26. The summed E-state index contributed by atoms with van der Waals surface area (Å²) in [5.74, 6) is 0.880. The summed E-state index contributed by atoms with van der Waals surface area (Å²) in [6.07, 6.45) is 1.78. The zero-order valence-corrected chi connectivity index (χ0v) is 10.9. The Hall–Kier alpha value is -1.58. The zero-order chi connectivity index (χ0) is 12.6. The summed E-state index contributed by atoms with van der Waals surface area (Å²) in [4.78, 5) is 6.52. The quantitative estimate of drug-likeness (QED) is 0.602. The Morgan fingerprint density at radius 2 is 2.00 bits per heavy atom. The van der Waals surface area contributed by atoms with E-state index < -0.39 is 0 Å². The van der Waals surface area contributed by atoms with Crippen LogP contribution in [0.25, 0.3) is 0 Å². The Bertz CT molecular complexity index is 558. The van der Waals surface area contributed by atoms with Crippen LogP contribution in [-0.4, -0.2) is 11.5 Å². The summed E-state index contributed by atoms with van der Waals surface area (Å²) in [6.45, 7) is 4.81. The van der Waals surface area contributed by atoms with Gasteiger partial charge in [0.15, 0.2) is 0 Å². The monoisotopic (exact) mass is 259 g/mol. The van der Waals surface area contributed by atoms with E-state index in [9.17, 15) is 0 Å². The van der Waals surface area contributed by atoms with Crippen molar-refractivity contribution < 1.29 is 0 Å². The number of hydrogen-bond donors (Lipinski definition) is 0. The highest BCUT2D eigenvalue weighted by atomic mass is 35.5. The Morgan fingerprint density at radius 1 is 1.22 bits per heavy atom. The maximum absolute atomic E-state index is 6.61. The minimum Gasteiger partial charge on any atom is -0.433 e. The Labute approximate surface area is 112 Å². The molecule has 0 saturated heterocycles. The molecule has 2 heterocycles. The first kappa shape index (κ1) is 11.5. The topological polar surface area (TPSA) is 16.1 Å². The van der Waals surface area contributed by atoms with Crippen molar-refractivity contribution in [1.82, 2.24) is 8.99 Å². The SMILES string of the molecule is CC[N+]1(Cl)[CH-]N(c2ccccc2)c2cccnc21. The third kappa shape index (κ3) is 1.67. The van der Waals surface area contributed by atoms with Crippen LogP contribution in [0.4, 0.5) is 17.2 Å². The lowest BCUT2D eigenvalue weighted by Crippen LogP contribution is -2.36. The van der Waals surface area contributed by atoms with Crippen LogP contribution >= 0.6 is 11.8 Å². The lowest BCUT2D eigenvalue weighted by molar-refractivity contribution is 0.559. The molecular formula is C14H14ClN3. The van der Waals surface area contributed by atoms with E-state index in [1.807, 2.05) is 37.0 Å². The van der Waals surface area contributed by atoms with Gasteiger partial charge >= 0.3 is 0 Å². The number of aromatic nitrogens is 1. The van der Waals surface area contributed by atoms with Crippen LogP contribution in [0.1, 0.15) is 6.92 Å². The van der Waals surface area contributed by atoms with Crippen molar-refractivity contribution in [3.05, 3.63) is 55.3 Å². The van der Waals surface area contributed by atoms with Gasteiger partial charge in [-0.2, -0.15) is 0 Å². The molecule has 1 aromatic heterocycles. The number of hydrogen-bond acceptors (Lipinski definition) is 2. The lowest BCUT2D eigenvalue weighted by atomic mass is 10.3. The molecule has 1 aromatic carbocycles. The fraction of sp³-hybridized carbons (Fsp3) is 0.143. The van der Waals surface area contributed by atoms with Gasteiger partial charge in [-0.1, -0.05) is 18.2 Å². The van der Waals surface area contributed by atoms with Crippen molar-refractivity contribution in [2.45, 2.75) is 6.92 Å². The van der Waals surface area contributed by atoms with E-state index in [1.165, 1.54) is 0 Å². The smallest absolute Gasteiger partial charge is 0.241 e. The van der Waals surface area contributed by atoms with Crippen LogP contribution in [-0.2, 0) is 0 Å². The van der Waals surface area contributed by atoms with E-state index in [0.29, 0.717) is 0 Å². The number of fused-ring (bicyclic) bond motifs is 1. The van der Waals surface area contributed by atoms with Crippen LogP contribution in [0.2, 0.25) is 0 Å². The van der Waals surface area contributed by atoms with Crippen LogP contribution in [0.15, 0.2) is 48.7 Å². The highest BCUT2D eigenvalue weighted by Gasteiger charge is 2.34. The standard InChI is InChI=1S/C14H14ClN3/c1-2-18(15)11-17(12-7-4-3-5-8-12)13-9-6-10-16-14(13)18/h3-11H,2H2,1H3. The van der Waals surface area contributed by atoms with Crippen molar-refractivity contribution in [2.24, 2.45) is 0 Å². The lowest BCUT2D eigenvalue weighted by Gasteiger charge is -2.33. The van der Waals surface area contributed by atoms with Gasteiger partial charge in [0.1, 0.15) is 11.8 Å². The summed E-state index contributed by atoms with van der Waals surface area (Å²) in [5, 5.41) is 0. The van der Waals surface area contributed by atoms with Crippen molar-refractivity contribution >= 4 is 29.0 Å². The van der Waals surface area contributed by atoms with Gasteiger partial charge in [-0.05, 0) is 37.9 Å². The second-order valence-corrected chi connectivity index (χ2v) is 4.86. The maximum atomic E-state index is 6.61. The molecule has 0 radical (unpaired) electrons. The van der Waals surface area contributed by atoms with Crippen molar-refractivity contribution in [3.63, 3.8) is 0 Å². The van der Waals surface area contributed by atoms with Gasteiger partial charge in [-0.3, -0.25) is 4.00 Å². The maximum Gasteiger partial charge on any atom is 0.241 e. The largest absolute Gasteiger partial charge is 0.433 e. The van der Waals surface area contributed by atoms with E-state index in [2.05, 4.69) is 28.9 Å². The molecule has 0 amide bonds. The fourth-order valence-corrected chi connectivity index (χ4v) is 2.41. The Kier molecular flexibility index (Phi) is 2.73. The molecule has 0 spiro atoms. The van der Waals surface area contributed by atoms with E-state index >= 15 is 0 Å². The third-order valence-corrected chi connectivity index (χ3v) is 3.66. The molecule has 92 valence electrons. The molecule has 0 bridgehead atoms. The predicted octanol–water partition coefficient (Wildman–Crippen LogP) is 3.83. The number of pyridine rings is 1. The van der Waals surface area contributed by atoms with Gasteiger partial charge in [0.05, 0.1) is 12.2 Å². The number of benzene rings is 1. The van der Waals surface area contributed by atoms with Gasteiger partial charge in [-0.25, -0.2) is 4.98 Å². The number of quaternary nitrogens is 1. The Balaban J connectivity index is 2.11. The first-order chi connectivity index (χ1) is 8.74. The average molecular weight is 260 g/mol. The van der Waals surface area contributed by atoms with Gasteiger partial charge in [0.25, 0.3) is 0 Å². The molecule has 0 aliphatic carbocycles. The summed E-state index contributed by atoms with van der Waals surface area (Å²) >= 11 is 6.61. The van der Waals surface area contributed by atoms with E-state index in [1.54, 1.807) is 6.20 Å². The summed E-state index contributed by atoms with van der Waals surface area (Å²) in [5.41, 5.74) is 2.14.